The molecule has 1 amide bonds. The van der Waals surface area contributed by atoms with E-state index in [4.69, 9.17) is 4.74 Å². The van der Waals surface area contributed by atoms with Crippen LogP contribution in [0.2, 0.25) is 0 Å². The summed E-state index contributed by atoms with van der Waals surface area (Å²) < 4.78 is 45.3. The highest BCUT2D eigenvalue weighted by atomic mass is 32.2. The summed E-state index contributed by atoms with van der Waals surface area (Å²) in [6.07, 6.45) is -2.88. The Kier molecular flexibility index (Phi) is 6.55. The Hall–Kier alpha value is -3.52. The van der Waals surface area contributed by atoms with Gasteiger partial charge in [0.1, 0.15) is 12.4 Å². The molecular weight excluding hydrogens is 449 g/mol. The van der Waals surface area contributed by atoms with Crippen molar-refractivity contribution in [2.45, 2.75) is 19.7 Å². The molecule has 0 aliphatic carbocycles. The van der Waals surface area contributed by atoms with E-state index < -0.39 is 17.6 Å². The number of hydrogen-bond acceptors (Lipinski definition) is 4. The van der Waals surface area contributed by atoms with E-state index in [0.717, 1.165) is 29.0 Å². The molecule has 1 aliphatic rings. The number of thioether (sulfide) groups is 1. The van der Waals surface area contributed by atoms with Gasteiger partial charge in [-0.2, -0.15) is 13.2 Å². The molecule has 1 saturated heterocycles. The molecule has 33 heavy (non-hydrogen) atoms. The number of halogens is 3. The lowest BCUT2D eigenvalue weighted by Gasteiger charge is -2.09. The molecule has 4 nitrogen and oxygen atoms in total. The van der Waals surface area contributed by atoms with Crippen LogP contribution in [0.25, 0.3) is 6.08 Å². The number of nitrogens with one attached hydrogen (secondary N) is 1. The molecular formula is C25H19F3N2O2S. The lowest BCUT2D eigenvalue weighted by atomic mass is 10.1. The zero-order chi connectivity index (χ0) is 23.4. The number of nitrogens with zero attached hydrogens (tertiary/aromatic N) is 1. The van der Waals surface area contributed by atoms with Crippen molar-refractivity contribution in [2.75, 3.05) is 0 Å². The van der Waals surface area contributed by atoms with E-state index in [9.17, 15) is 18.0 Å². The van der Waals surface area contributed by atoms with Gasteiger partial charge >= 0.3 is 6.18 Å². The molecule has 1 fully saturated rings. The van der Waals surface area contributed by atoms with E-state index >= 15 is 0 Å². The molecule has 8 heteroatoms. The van der Waals surface area contributed by atoms with E-state index in [1.165, 1.54) is 23.8 Å². The first-order valence-corrected chi connectivity index (χ1v) is 10.8. The number of rotatable bonds is 5. The van der Waals surface area contributed by atoms with Crippen LogP contribution in [0.15, 0.2) is 82.7 Å². The van der Waals surface area contributed by atoms with Crippen molar-refractivity contribution in [3.63, 3.8) is 0 Å². The van der Waals surface area contributed by atoms with Crippen molar-refractivity contribution < 1.29 is 22.7 Å². The summed E-state index contributed by atoms with van der Waals surface area (Å²) in [6.45, 7) is 2.47. The van der Waals surface area contributed by atoms with Crippen LogP contribution in [-0.2, 0) is 17.6 Å². The van der Waals surface area contributed by atoms with Crippen LogP contribution < -0.4 is 10.1 Å². The first-order valence-electron chi connectivity index (χ1n) is 10.0. The lowest BCUT2D eigenvalue weighted by Crippen LogP contribution is -2.19. The fourth-order valence-electron chi connectivity index (χ4n) is 3.06. The summed E-state index contributed by atoms with van der Waals surface area (Å²) in [5.41, 5.74) is 1.90. The predicted octanol–water partition coefficient (Wildman–Crippen LogP) is 6.48. The van der Waals surface area contributed by atoms with E-state index in [2.05, 4.69) is 10.3 Å². The molecule has 1 aliphatic heterocycles. The summed E-state index contributed by atoms with van der Waals surface area (Å²) in [5, 5.41) is 2.62. The monoisotopic (exact) mass is 468 g/mol. The smallest absolute Gasteiger partial charge is 0.418 e. The maximum atomic E-state index is 13.2. The van der Waals surface area contributed by atoms with Gasteiger partial charge in [-0.25, -0.2) is 4.99 Å². The molecule has 3 aromatic carbocycles. The van der Waals surface area contributed by atoms with Gasteiger partial charge in [0.25, 0.3) is 5.91 Å². The van der Waals surface area contributed by atoms with Crippen molar-refractivity contribution in [1.82, 2.24) is 5.32 Å². The number of amides is 1. The molecule has 0 atom stereocenters. The Balaban J connectivity index is 1.44. The van der Waals surface area contributed by atoms with Crippen LogP contribution in [0, 0.1) is 6.92 Å². The van der Waals surface area contributed by atoms with Crippen LogP contribution in [0.3, 0.4) is 0 Å². The highest BCUT2D eigenvalue weighted by molar-refractivity contribution is 8.18. The third kappa shape index (κ3) is 5.84. The van der Waals surface area contributed by atoms with Crippen molar-refractivity contribution in [1.29, 1.82) is 0 Å². The number of alkyl halides is 3. The molecule has 0 radical (unpaired) electrons. The van der Waals surface area contributed by atoms with Gasteiger partial charge in [-0.05, 0) is 60.2 Å². The van der Waals surface area contributed by atoms with Gasteiger partial charge < -0.3 is 10.1 Å². The van der Waals surface area contributed by atoms with E-state index in [1.807, 2.05) is 31.2 Å². The number of amidine groups is 1. The summed E-state index contributed by atoms with van der Waals surface area (Å²) in [7, 11) is 0. The van der Waals surface area contributed by atoms with E-state index in [0.29, 0.717) is 17.3 Å². The molecule has 4 rings (SSSR count). The number of ether oxygens (including phenoxy) is 1. The maximum Gasteiger partial charge on any atom is 0.418 e. The summed E-state index contributed by atoms with van der Waals surface area (Å²) in [6, 6.07) is 20.3. The fraction of sp³-hybridized carbons (Fsp3) is 0.120. The highest BCUT2D eigenvalue weighted by Gasteiger charge is 2.34. The van der Waals surface area contributed by atoms with E-state index in [1.54, 1.807) is 30.3 Å². The first-order chi connectivity index (χ1) is 15.8. The number of hydrogen-bond donors (Lipinski definition) is 1. The quantitative estimate of drug-likeness (QED) is 0.436. The number of para-hydroxylation sites is 1. The zero-order valence-electron chi connectivity index (χ0n) is 17.5. The minimum atomic E-state index is -4.53. The average molecular weight is 469 g/mol. The summed E-state index contributed by atoms with van der Waals surface area (Å²) in [4.78, 5) is 16.6. The minimum Gasteiger partial charge on any atom is -0.489 e. The van der Waals surface area contributed by atoms with Gasteiger partial charge in [0.15, 0.2) is 5.17 Å². The van der Waals surface area contributed by atoms with Crippen LogP contribution >= 0.6 is 11.8 Å². The number of carbonyl (C=O) groups is 1. The topological polar surface area (TPSA) is 50.7 Å². The molecule has 168 valence electrons. The molecule has 0 aromatic heterocycles. The molecule has 0 spiro atoms. The van der Waals surface area contributed by atoms with Crippen LogP contribution in [0.4, 0.5) is 18.9 Å². The maximum absolute atomic E-state index is 13.2. The van der Waals surface area contributed by atoms with Gasteiger partial charge in [-0.3, -0.25) is 4.79 Å². The molecule has 3 aromatic rings. The number of benzene rings is 3. The van der Waals surface area contributed by atoms with Gasteiger partial charge in [0.2, 0.25) is 0 Å². The van der Waals surface area contributed by atoms with Crippen molar-refractivity contribution in [3.8, 4) is 5.75 Å². The Morgan fingerprint density at radius 3 is 2.39 bits per heavy atom. The minimum absolute atomic E-state index is 0.0981. The van der Waals surface area contributed by atoms with Gasteiger partial charge in [-0.1, -0.05) is 54.1 Å². The zero-order valence-corrected chi connectivity index (χ0v) is 18.3. The number of carbonyl (C=O) groups excluding carboxylic acids is 1. The van der Waals surface area contributed by atoms with Crippen LogP contribution in [0.5, 0.6) is 5.75 Å². The molecule has 0 unspecified atom stereocenters. The third-order valence-electron chi connectivity index (χ3n) is 4.79. The molecule has 0 bridgehead atoms. The second kappa shape index (κ2) is 9.54. The summed E-state index contributed by atoms with van der Waals surface area (Å²) >= 11 is 0.992. The first kappa shape index (κ1) is 22.7. The molecule has 1 heterocycles. The second-order valence-corrected chi connectivity index (χ2v) is 8.37. The van der Waals surface area contributed by atoms with E-state index in [-0.39, 0.29) is 10.9 Å². The molecule has 0 saturated carbocycles. The van der Waals surface area contributed by atoms with Crippen molar-refractivity contribution in [3.05, 3.63) is 100.0 Å². The number of aliphatic imine (C=N–C) groups is 1. The van der Waals surface area contributed by atoms with Crippen molar-refractivity contribution >= 4 is 34.6 Å². The molecule has 1 N–H and O–H groups in total. The SMILES string of the molecule is Cc1ccc(COc2ccc(C=C3SC(=Nc4ccccc4C(F)(F)F)NC3=O)cc2)cc1. The summed E-state index contributed by atoms with van der Waals surface area (Å²) in [5.74, 6) is 0.273. The Labute approximate surface area is 193 Å². The standard InChI is InChI=1S/C25H19F3N2O2S/c1-16-6-8-18(9-7-16)15-32-19-12-10-17(11-13-19)14-22-23(31)30-24(33-22)29-21-5-3-2-4-20(21)25(26,27)28/h2-14H,15H2,1H3,(H,29,30,31). The largest absolute Gasteiger partial charge is 0.489 e. The normalized spacial score (nSPS) is 16.3. The van der Waals surface area contributed by atoms with Gasteiger partial charge in [0.05, 0.1) is 16.2 Å². The third-order valence-corrected chi connectivity index (χ3v) is 5.70. The van der Waals surface area contributed by atoms with Crippen LogP contribution in [0.1, 0.15) is 22.3 Å². The van der Waals surface area contributed by atoms with Gasteiger partial charge in [0, 0.05) is 0 Å². The van der Waals surface area contributed by atoms with Gasteiger partial charge in [-0.15, -0.1) is 0 Å². The average Bonchev–Trinajstić information content (AvgIpc) is 3.12. The highest BCUT2D eigenvalue weighted by Crippen LogP contribution is 2.37. The fourth-order valence-corrected chi connectivity index (χ4v) is 3.90. The van der Waals surface area contributed by atoms with Crippen molar-refractivity contribution in [2.24, 2.45) is 4.99 Å². The second-order valence-electron chi connectivity index (χ2n) is 7.34. The Bertz CT molecular complexity index is 1220. The lowest BCUT2D eigenvalue weighted by molar-refractivity contribution is -0.137. The van der Waals surface area contributed by atoms with Crippen LogP contribution in [-0.4, -0.2) is 11.1 Å². The Morgan fingerprint density at radius 2 is 1.70 bits per heavy atom. The predicted molar refractivity (Wildman–Crippen MR) is 124 cm³/mol. The Morgan fingerprint density at radius 1 is 1.00 bits per heavy atom. The number of aryl methyl sites for hydroxylation is 1.